The lowest BCUT2D eigenvalue weighted by Crippen LogP contribution is -2.35. The zero-order valence-corrected chi connectivity index (χ0v) is 13.6. The molecule has 1 saturated carbocycles. The maximum absolute atomic E-state index is 12.1. The van der Waals surface area contributed by atoms with Crippen molar-refractivity contribution >= 4 is 5.91 Å². The van der Waals surface area contributed by atoms with E-state index in [1.807, 2.05) is 6.92 Å². The number of hydrogen-bond donors (Lipinski definition) is 2. The topological polar surface area (TPSA) is 110 Å². The van der Waals surface area contributed by atoms with E-state index in [-0.39, 0.29) is 24.3 Å². The molecule has 3 rings (SSSR count). The molecule has 0 aromatic carbocycles. The number of rotatable bonds is 5. The van der Waals surface area contributed by atoms with Crippen LogP contribution in [-0.4, -0.2) is 32.0 Å². The maximum Gasteiger partial charge on any atom is 0.348 e. The zero-order chi connectivity index (χ0) is 17.3. The molecule has 8 nitrogen and oxygen atoms in total. The quantitative estimate of drug-likeness (QED) is 0.817. The van der Waals surface area contributed by atoms with Crippen LogP contribution in [0.5, 0.6) is 0 Å². The van der Waals surface area contributed by atoms with Gasteiger partial charge in [0, 0.05) is 36.6 Å². The smallest absolute Gasteiger partial charge is 0.348 e. The summed E-state index contributed by atoms with van der Waals surface area (Å²) >= 11 is 0. The van der Waals surface area contributed by atoms with Gasteiger partial charge in [0.15, 0.2) is 0 Å². The van der Waals surface area contributed by atoms with Crippen LogP contribution in [-0.2, 0) is 6.54 Å². The molecule has 126 valence electrons. The fraction of sp³-hybridized carbons (Fsp3) is 0.438. The van der Waals surface area contributed by atoms with Crippen LogP contribution in [0.15, 0.2) is 21.9 Å². The van der Waals surface area contributed by atoms with Gasteiger partial charge in [0.2, 0.25) is 0 Å². The summed E-state index contributed by atoms with van der Waals surface area (Å²) < 4.78 is 1.48. The third-order valence-electron chi connectivity index (χ3n) is 4.00. The molecule has 0 radical (unpaired) electrons. The Bertz CT molecular complexity index is 895. The highest BCUT2D eigenvalue weighted by atomic mass is 16.2. The van der Waals surface area contributed by atoms with Gasteiger partial charge in [-0.25, -0.2) is 9.78 Å². The summed E-state index contributed by atoms with van der Waals surface area (Å²) in [6.45, 7) is 4.07. The van der Waals surface area contributed by atoms with Crippen LogP contribution in [0.4, 0.5) is 0 Å². The number of aromatic nitrogens is 4. The molecular weight excluding hydrogens is 310 g/mol. The minimum absolute atomic E-state index is 0.0227. The Morgan fingerprint density at radius 1 is 1.38 bits per heavy atom. The molecular formula is C16H19N5O3. The number of nitrogens with one attached hydrogen (secondary N) is 2. The van der Waals surface area contributed by atoms with E-state index >= 15 is 0 Å². The van der Waals surface area contributed by atoms with Gasteiger partial charge >= 0.3 is 5.69 Å². The Labute approximate surface area is 138 Å². The Balaban J connectivity index is 1.64. The van der Waals surface area contributed by atoms with Crippen LogP contribution in [0.2, 0.25) is 0 Å². The molecule has 2 heterocycles. The number of aromatic amines is 1. The number of H-pyrrole nitrogens is 1. The highest BCUT2D eigenvalue weighted by Gasteiger charge is 2.26. The first-order chi connectivity index (χ1) is 11.5. The fourth-order valence-electron chi connectivity index (χ4n) is 2.56. The normalized spacial score (nSPS) is 13.8. The van der Waals surface area contributed by atoms with E-state index in [4.69, 9.17) is 0 Å². The molecule has 0 aliphatic heterocycles. The number of aryl methyl sites for hydroxylation is 2. The molecule has 8 heteroatoms. The summed E-state index contributed by atoms with van der Waals surface area (Å²) in [5.41, 5.74) is 0.622. The summed E-state index contributed by atoms with van der Waals surface area (Å²) in [5.74, 6) is 0.458. The summed E-state index contributed by atoms with van der Waals surface area (Å²) in [6, 6.07) is 1.80. The summed E-state index contributed by atoms with van der Waals surface area (Å²) in [7, 11) is 0. The van der Waals surface area contributed by atoms with Crippen molar-refractivity contribution in [3.05, 3.63) is 55.9 Å². The minimum Gasteiger partial charge on any atom is -0.350 e. The van der Waals surface area contributed by atoms with Crippen LogP contribution in [0.1, 0.15) is 46.3 Å². The van der Waals surface area contributed by atoms with Crippen LogP contribution in [0, 0.1) is 13.8 Å². The van der Waals surface area contributed by atoms with E-state index in [0.29, 0.717) is 17.4 Å². The van der Waals surface area contributed by atoms with Gasteiger partial charge in [0.1, 0.15) is 11.4 Å². The Kier molecular flexibility index (Phi) is 4.28. The van der Waals surface area contributed by atoms with Crippen molar-refractivity contribution in [3.63, 3.8) is 0 Å². The molecule has 1 amide bonds. The number of amides is 1. The lowest BCUT2D eigenvalue weighted by molar-refractivity contribution is 0.0950. The second-order valence-electron chi connectivity index (χ2n) is 6.01. The number of carbonyl (C=O) groups excluding carboxylic acids is 1. The lowest BCUT2D eigenvalue weighted by Gasteiger charge is -2.10. The first-order valence-corrected chi connectivity index (χ1v) is 7.88. The van der Waals surface area contributed by atoms with Crippen LogP contribution in [0.25, 0.3) is 0 Å². The largest absolute Gasteiger partial charge is 0.350 e. The summed E-state index contributed by atoms with van der Waals surface area (Å²) in [6.07, 6.45) is 3.35. The molecule has 0 unspecified atom stereocenters. The highest BCUT2D eigenvalue weighted by molar-refractivity contribution is 5.93. The fourth-order valence-corrected chi connectivity index (χ4v) is 2.56. The average Bonchev–Trinajstić information content (AvgIpc) is 3.34. The van der Waals surface area contributed by atoms with Crippen LogP contribution in [0.3, 0.4) is 0 Å². The number of hydrogen-bond acceptors (Lipinski definition) is 5. The van der Waals surface area contributed by atoms with Crippen molar-refractivity contribution in [3.8, 4) is 0 Å². The molecule has 0 atom stereocenters. The Morgan fingerprint density at radius 3 is 2.75 bits per heavy atom. The molecule has 0 spiro atoms. The molecule has 1 aliphatic carbocycles. The average molecular weight is 329 g/mol. The molecule has 24 heavy (non-hydrogen) atoms. The van der Waals surface area contributed by atoms with Crippen molar-refractivity contribution in [2.24, 2.45) is 0 Å². The first kappa shape index (κ1) is 16.1. The third-order valence-corrected chi connectivity index (χ3v) is 4.00. The van der Waals surface area contributed by atoms with Gasteiger partial charge in [-0.1, -0.05) is 0 Å². The Morgan fingerprint density at radius 2 is 2.12 bits per heavy atom. The minimum atomic E-state index is -0.503. The van der Waals surface area contributed by atoms with Crippen LogP contribution >= 0.6 is 0 Å². The lowest BCUT2D eigenvalue weighted by atomic mass is 10.3. The number of carbonyl (C=O) groups is 1. The second-order valence-corrected chi connectivity index (χ2v) is 6.01. The molecule has 2 aromatic rings. The molecule has 2 N–H and O–H groups in total. The van der Waals surface area contributed by atoms with Gasteiger partial charge in [-0.15, -0.1) is 0 Å². The van der Waals surface area contributed by atoms with Gasteiger partial charge in [-0.3, -0.25) is 14.2 Å². The zero-order valence-electron chi connectivity index (χ0n) is 13.6. The maximum atomic E-state index is 12.1. The van der Waals surface area contributed by atoms with Gasteiger partial charge in [0.05, 0.1) is 0 Å². The van der Waals surface area contributed by atoms with Crippen molar-refractivity contribution < 1.29 is 4.79 Å². The molecule has 1 aliphatic rings. The summed E-state index contributed by atoms with van der Waals surface area (Å²) in [4.78, 5) is 46.6. The first-order valence-electron chi connectivity index (χ1n) is 7.88. The van der Waals surface area contributed by atoms with E-state index in [0.717, 1.165) is 18.5 Å². The van der Waals surface area contributed by atoms with E-state index in [2.05, 4.69) is 20.3 Å². The van der Waals surface area contributed by atoms with Crippen molar-refractivity contribution in [1.82, 2.24) is 24.8 Å². The SMILES string of the molecule is Cc1cc(C)n(CCNC(=O)c2cnc(C3CC3)[nH]c2=O)c(=O)n1. The number of nitrogens with zero attached hydrogens (tertiary/aromatic N) is 3. The van der Waals surface area contributed by atoms with Crippen molar-refractivity contribution in [2.45, 2.75) is 39.2 Å². The summed E-state index contributed by atoms with van der Waals surface area (Å²) in [5, 5.41) is 2.64. The van der Waals surface area contributed by atoms with Gasteiger partial charge in [0.25, 0.3) is 11.5 Å². The monoisotopic (exact) mass is 329 g/mol. The Hall–Kier alpha value is -2.77. The molecule has 0 bridgehead atoms. The molecule has 0 saturated heterocycles. The van der Waals surface area contributed by atoms with Gasteiger partial charge in [-0.2, -0.15) is 4.98 Å². The van der Waals surface area contributed by atoms with E-state index in [1.165, 1.54) is 10.8 Å². The second kappa shape index (κ2) is 6.38. The van der Waals surface area contributed by atoms with Crippen molar-refractivity contribution in [1.29, 1.82) is 0 Å². The predicted molar refractivity (Wildman–Crippen MR) is 87.1 cm³/mol. The predicted octanol–water partition coefficient (Wildman–Crippen LogP) is 0.251. The van der Waals surface area contributed by atoms with Crippen molar-refractivity contribution in [2.75, 3.05) is 6.54 Å². The van der Waals surface area contributed by atoms with Crippen LogP contribution < -0.4 is 16.6 Å². The molecule has 2 aromatic heterocycles. The standard InChI is InChI=1S/C16H19N5O3/c1-9-7-10(2)21(16(24)19-9)6-5-17-14(22)12-8-18-13(11-3-4-11)20-15(12)23/h7-8,11H,3-6H2,1-2H3,(H,17,22)(H,18,20,23). The molecule has 1 fully saturated rings. The third kappa shape index (κ3) is 3.42. The van der Waals surface area contributed by atoms with Gasteiger partial charge in [-0.05, 0) is 32.8 Å². The van der Waals surface area contributed by atoms with E-state index < -0.39 is 11.5 Å². The van der Waals surface area contributed by atoms with E-state index in [9.17, 15) is 14.4 Å². The van der Waals surface area contributed by atoms with E-state index in [1.54, 1.807) is 13.0 Å². The van der Waals surface area contributed by atoms with Gasteiger partial charge < -0.3 is 10.3 Å². The highest BCUT2D eigenvalue weighted by Crippen LogP contribution is 2.37.